The second kappa shape index (κ2) is 15.5. The summed E-state index contributed by atoms with van der Waals surface area (Å²) in [5.41, 5.74) is 9.08. The molecule has 0 aliphatic rings. The van der Waals surface area contributed by atoms with Crippen molar-refractivity contribution in [2.24, 2.45) is 0 Å². The minimum absolute atomic E-state index is 0.121. The van der Waals surface area contributed by atoms with Crippen molar-refractivity contribution in [3.8, 4) is 0 Å². The summed E-state index contributed by atoms with van der Waals surface area (Å²) < 4.78 is 0. The molecule has 0 heterocycles. The second-order valence-electron chi connectivity index (χ2n) is 10.9. The Morgan fingerprint density at radius 2 is 0.884 bits per heavy atom. The van der Waals surface area contributed by atoms with Crippen molar-refractivity contribution < 1.29 is 9.59 Å². The second-order valence-corrected chi connectivity index (χ2v) is 10.9. The standard InChI is InChI=1S/C36H51N5O2/c1-10-39(11-2)28-16-19-31(25(7)22-28)36(32-20-17-29(40(12-3)13-4)23-34(32)37-26(8)42)33-21-18-30(41(14-5)15-6)24-35(33)38-27(9)43/h16-24,36H,10-15H2,1-9H3,(H,37,42)(H,38,43). The number of aryl methyl sites for hydroxylation is 1. The first-order valence-corrected chi connectivity index (χ1v) is 15.8. The van der Waals surface area contributed by atoms with Crippen LogP contribution in [0.4, 0.5) is 28.4 Å². The molecule has 0 radical (unpaired) electrons. The zero-order valence-electron chi connectivity index (χ0n) is 27.7. The first-order valence-electron chi connectivity index (χ1n) is 15.8. The maximum atomic E-state index is 12.5. The molecule has 0 aliphatic heterocycles. The van der Waals surface area contributed by atoms with Crippen LogP contribution in [0.25, 0.3) is 0 Å². The van der Waals surface area contributed by atoms with Gasteiger partial charge in [-0.2, -0.15) is 0 Å². The average Bonchev–Trinajstić information content (AvgIpc) is 2.97. The lowest BCUT2D eigenvalue weighted by atomic mass is 9.81. The summed E-state index contributed by atoms with van der Waals surface area (Å²) in [6, 6.07) is 19.4. The van der Waals surface area contributed by atoms with Gasteiger partial charge in [0.2, 0.25) is 11.8 Å². The third-order valence-corrected chi connectivity index (χ3v) is 8.27. The van der Waals surface area contributed by atoms with E-state index >= 15 is 0 Å². The molecule has 0 saturated heterocycles. The Bertz CT molecular complexity index is 1310. The molecule has 3 aromatic carbocycles. The SMILES string of the molecule is CCN(CC)c1ccc(C(c2ccc(N(CC)CC)cc2NC(C)=O)c2ccc(N(CC)CC)cc2NC(C)=O)c(C)c1. The van der Waals surface area contributed by atoms with Crippen LogP contribution in [0, 0.1) is 6.92 Å². The Morgan fingerprint density at radius 3 is 1.19 bits per heavy atom. The number of nitrogens with zero attached hydrogens (tertiary/aromatic N) is 3. The van der Waals surface area contributed by atoms with Gasteiger partial charge >= 0.3 is 0 Å². The minimum Gasteiger partial charge on any atom is -0.372 e. The van der Waals surface area contributed by atoms with Gasteiger partial charge in [0.15, 0.2) is 0 Å². The fourth-order valence-corrected chi connectivity index (χ4v) is 6.03. The zero-order chi connectivity index (χ0) is 31.7. The molecule has 7 heteroatoms. The summed E-state index contributed by atoms with van der Waals surface area (Å²) in [5.74, 6) is -0.487. The highest BCUT2D eigenvalue weighted by molar-refractivity contribution is 5.93. The summed E-state index contributed by atoms with van der Waals surface area (Å²) in [7, 11) is 0. The Kier molecular flexibility index (Phi) is 12.0. The largest absolute Gasteiger partial charge is 0.372 e. The predicted octanol–water partition coefficient (Wildman–Crippen LogP) is 7.63. The molecule has 7 nitrogen and oxygen atoms in total. The van der Waals surface area contributed by atoms with Crippen molar-refractivity contribution in [2.75, 3.05) is 64.6 Å². The summed E-state index contributed by atoms with van der Waals surface area (Å²) >= 11 is 0. The molecule has 0 saturated carbocycles. The van der Waals surface area contributed by atoms with Crippen LogP contribution < -0.4 is 25.3 Å². The van der Waals surface area contributed by atoms with Crippen molar-refractivity contribution >= 4 is 40.3 Å². The Morgan fingerprint density at radius 1 is 0.558 bits per heavy atom. The van der Waals surface area contributed by atoms with Gasteiger partial charge in [0.25, 0.3) is 0 Å². The van der Waals surface area contributed by atoms with Crippen LogP contribution in [0.3, 0.4) is 0 Å². The number of hydrogen-bond donors (Lipinski definition) is 2. The third-order valence-electron chi connectivity index (χ3n) is 8.27. The molecule has 0 spiro atoms. The number of hydrogen-bond acceptors (Lipinski definition) is 5. The van der Waals surface area contributed by atoms with Crippen LogP contribution in [-0.2, 0) is 9.59 Å². The van der Waals surface area contributed by atoms with E-state index in [9.17, 15) is 9.59 Å². The zero-order valence-corrected chi connectivity index (χ0v) is 27.7. The normalized spacial score (nSPS) is 10.9. The van der Waals surface area contributed by atoms with Crippen LogP contribution >= 0.6 is 0 Å². The fraction of sp³-hybridized carbons (Fsp3) is 0.444. The molecule has 232 valence electrons. The number of rotatable bonds is 14. The summed E-state index contributed by atoms with van der Waals surface area (Å²) in [6.45, 7) is 23.5. The quantitative estimate of drug-likeness (QED) is 0.190. The first kappa shape index (κ1) is 33.5. The monoisotopic (exact) mass is 585 g/mol. The number of nitrogens with one attached hydrogen (secondary N) is 2. The van der Waals surface area contributed by atoms with Gasteiger partial charge in [-0.05, 0) is 107 Å². The van der Waals surface area contributed by atoms with Crippen molar-refractivity contribution in [1.82, 2.24) is 0 Å². The lowest BCUT2D eigenvalue weighted by Gasteiger charge is -2.30. The van der Waals surface area contributed by atoms with Crippen LogP contribution in [-0.4, -0.2) is 51.1 Å². The molecule has 2 N–H and O–H groups in total. The third kappa shape index (κ3) is 7.89. The van der Waals surface area contributed by atoms with E-state index in [4.69, 9.17) is 0 Å². The lowest BCUT2D eigenvalue weighted by Crippen LogP contribution is -2.23. The van der Waals surface area contributed by atoms with Crippen molar-refractivity contribution in [2.45, 2.75) is 68.2 Å². The number of benzene rings is 3. The van der Waals surface area contributed by atoms with E-state index in [1.165, 1.54) is 5.69 Å². The molecule has 43 heavy (non-hydrogen) atoms. The summed E-state index contributed by atoms with van der Waals surface area (Å²) in [6.07, 6.45) is 0. The number of carbonyl (C=O) groups excluding carboxylic acids is 2. The molecule has 0 aliphatic carbocycles. The number of amides is 2. The van der Waals surface area contributed by atoms with Crippen LogP contribution in [0.1, 0.15) is 83.6 Å². The fourth-order valence-electron chi connectivity index (χ4n) is 6.03. The van der Waals surface area contributed by atoms with Crippen molar-refractivity contribution in [3.05, 3.63) is 76.9 Å². The lowest BCUT2D eigenvalue weighted by molar-refractivity contribution is -0.115. The molecule has 0 bridgehead atoms. The highest BCUT2D eigenvalue weighted by atomic mass is 16.2. The van der Waals surface area contributed by atoms with Gasteiger partial charge in [-0.15, -0.1) is 0 Å². The molecular formula is C36H51N5O2. The van der Waals surface area contributed by atoms with E-state index in [-0.39, 0.29) is 17.7 Å². The minimum atomic E-state index is -0.244. The van der Waals surface area contributed by atoms with Gasteiger partial charge < -0.3 is 25.3 Å². The molecule has 2 amide bonds. The molecule has 0 unspecified atom stereocenters. The first-order chi connectivity index (χ1) is 20.6. The van der Waals surface area contributed by atoms with E-state index in [2.05, 4.69) is 128 Å². The van der Waals surface area contributed by atoms with Gasteiger partial charge in [0.1, 0.15) is 0 Å². The topological polar surface area (TPSA) is 67.9 Å². The number of anilines is 5. The van der Waals surface area contributed by atoms with Crippen LogP contribution in [0.5, 0.6) is 0 Å². The van der Waals surface area contributed by atoms with Crippen molar-refractivity contribution in [1.29, 1.82) is 0 Å². The van der Waals surface area contributed by atoms with E-state index in [1.807, 2.05) is 0 Å². The Balaban J connectivity index is 2.38. The van der Waals surface area contributed by atoms with E-state index < -0.39 is 0 Å². The average molecular weight is 586 g/mol. The summed E-state index contributed by atoms with van der Waals surface area (Å²) in [4.78, 5) is 32.0. The highest BCUT2D eigenvalue weighted by Crippen LogP contribution is 2.43. The highest BCUT2D eigenvalue weighted by Gasteiger charge is 2.26. The van der Waals surface area contributed by atoms with Gasteiger partial charge in [-0.3, -0.25) is 9.59 Å². The Hall–Kier alpha value is -4.00. The molecule has 0 atom stereocenters. The van der Waals surface area contributed by atoms with Gasteiger partial charge in [-0.1, -0.05) is 18.2 Å². The molecule has 3 aromatic rings. The van der Waals surface area contributed by atoms with Crippen LogP contribution in [0.15, 0.2) is 54.6 Å². The molecule has 0 fully saturated rings. The smallest absolute Gasteiger partial charge is 0.221 e. The van der Waals surface area contributed by atoms with E-state index in [0.717, 1.165) is 84.3 Å². The Labute approximate surface area is 259 Å². The van der Waals surface area contributed by atoms with E-state index in [0.29, 0.717) is 0 Å². The van der Waals surface area contributed by atoms with Crippen molar-refractivity contribution in [3.63, 3.8) is 0 Å². The predicted molar refractivity (Wildman–Crippen MR) is 184 cm³/mol. The van der Waals surface area contributed by atoms with Gasteiger partial charge in [-0.25, -0.2) is 0 Å². The number of carbonyl (C=O) groups is 2. The molecule has 3 rings (SSSR count). The maximum absolute atomic E-state index is 12.5. The molecular weight excluding hydrogens is 534 g/mol. The van der Waals surface area contributed by atoms with E-state index in [1.54, 1.807) is 13.8 Å². The van der Waals surface area contributed by atoms with Gasteiger partial charge in [0.05, 0.1) is 0 Å². The van der Waals surface area contributed by atoms with Crippen LogP contribution in [0.2, 0.25) is 0 Å². The summed E-state index contributed by atoms with van der Waals surface area (Å²) in [5, 5.41) is 6.29. The van der Waals surface area contributed by atoms with Gasteiger partial charge in [0, 0.05) is 87.5 Å². The molecule has 0 aromatic heterocycles. The maximum Gasteiger partial charge on any atom is 0.221 e.